The van der Waals surface area contributed by atoms with E-state index in [9.17, 15) is 9.59 Å². The van der Waals surface area contributed by atoms with Crippen LogP contribution in [0.4, 0.5) is 0 Å². The average Bonchev–Trinajstić information content (AvgIpc) is 2.70. The smallest absolute Gasteiger partial charge is 0.275 e. The van der Waals surface area contributed by atoms with Crippen molar-refractivity contribution in [2.75, 3.05) is 7.11 Å². The second kappa shape index (κ2) is 8.69. The summed E-state index contributed by atoms with van der Waals surface area (Å²) in [5.41, 5.74) is 1.67. The van der Waals surface area contributed by atoms with Gasteiger partial charge < -0.3 is 10.1 Å². The van der Waals surface area contributed by atoms with Gasteiger partial charge in [-0.2, -0.15) is 5.10 Å². The first-order valence-electron chi connectivity index (χ1n) is 9.36. The third kappa shape index (κ3) is 4.57. The number of hydrogen-bond donors (Lipinski definition) is 1. The van der Waals surface area contributed by atoms with Crippen molar-refractivity contribution in [1.29, 1.82) is 0 Å². The van der Waals surface area contributed by atoms with E-state index in [4.69, 9.17) is 4.74 Å². The van der Waals surface area contributed by atoms with Gasteiger partial charge in [-0.1, -0.05) is 30.3 Å². The van der Waals surface area contributed by atoms with Crippen LogP contribution >= 0.6 is 0 Å². The molecule has 0 bridgehead atoms. The molecule has 2 aromatic carbocycles. The van der Waals surface area contributed by atoms with Crippen LogP contribution in [0.15, 0.2) is 53.3 Å². The van der Waals surface area contributed by atoms with Crippen LogP contribution in [0.1, 0.15) is 24.6 Å². The van der Waals surface area contributed by atoms with Crippen LogP contribution in [0.2, 0.25) is 0 Å². The maximum Gasteiger partial charge on any atom is 0.275 e. The van der Waals surface area contributed by atoms with Gasteiger partial charge in [-0.3, -0.25) is 9.59 Å². The summed E-state index contributed by atoms with van der Waals surface area (Å²) in [6, 6.07) is 15.2. The Morgan fingerprint density at radius 3 is 2.50 bits per heavy atom. The Balaban J connectivity index is 1.59. The van der Waals surface area contributed by atoms with Crippen molar-refractivity contribution in [3.63, 3.8) is 0 Å². The van der Waals surface area contributed by atoms with Crippen molar-refractivity contribution < 1.29 is 9.53 Å². The van der Waals surface area contributed by atoms with Gasteiger partial charge in [0.2, 0.25) is 5.91 Å². The van der Waals surface area contributed by atoms with Crippen LogP contribution in [0, 0.1) is 6.92 Å². The topological polar surface area (TPSA) is 73.2 Å². The Hall–Kier alpha value is -3.15. The largest absolute Gasteiger partial charge is 0.497 e. The highest BCUT2D eigenvalue weighted by Gasteiger charge is 2.13. The molecule has 0 aliphatic carbocycles. The van der Waals surface area contributed by atoms with Gasteiger partial charge >= 0.3 is 0 Å². The lowest BCUT2D eigenvalue weighted by Crippen LogP contribution is -2.38. The number of carbonyl (C=O) groups excluding carboxylic acids is 1. The van der Waals surface area contributed by atoms with Crippen molar-refractivity contribution in [3.05, 3.63) is 70.1 Å². The van der Waals surface area contributed by atoms with E-state index in [-0.39, 0.29) is 24.1 Å². The molecule has 0 spiro atoms. The molecule has 1 aromatic heterocycles. The van der Waals surface area contributed by atoms with Gasteiger partial charge in [-0.05, 0) is 50.5 Å². The van der Waals surface area contributed by atoms with Gasteiger partial charge in [0.1, 0.15) is 12.3 Å². The quantitative estimate of drug-likeness (QED) is 0.685. The molecule has 1 unspecified atom stereocenters. The number of nitrogens with zero attached hydrogens (tertiary/aromatic N) is 2. The summed E-state index contributed by atoms with van der Waals surface area (Å²) >= 11 is 0. The third-order valence-corrected chi connectivity index (χ3v) is 4.78. The molecule has 6 nitrogen and oxygen atoms in total. The minimum absolute atomic E-state index is 0.00754. The third-order valence-electron chi connectivity index (χ3n) is 4.78. The summed E-state index contributed by atoms with van der Waals surface area (Å²) in [5.74, 6) is 0.611. The summed E-state index contributed by atoms with van der Waals surface area (Å²) in [6.45, 7) is 3.72. The highest BCUT2D eigenvalue weighted by molar-refractivity contribution is 5.83. The number of amides is 1. The monoisotopic (exact) mass is 379 g/mol. The van der Waals surface area contributed by atoms with Crippen LogP contribution < -0.4 is 15.6 Å². The lowest BCUT2D eigenvalue weighted by Gasteiger charge is -2.15. The number of methoxy groups -OCH3 is 1. The first-order valence-corrected chi connectivity index (χ1v) is 9.36. The summed E-state index contributed by atoms with van der Waals surface area (Å²) in [4.78, 5) is 25.0. The fourth-order valence-corrected chi connectivity index (χ4v) is 3.22. The standard InChI is InChI=1S/C22H25N3O3/c1-15(8-9-17-10-12-18(28-3)13-11-17)23-21(26)14-25-22(27)20-7-5-4-6-19(20)16(2)24-25/h4-7,10-13,15H,8-9,14H2,1-3H3,(H,23,26). The Morgan fingerprint density at radius 2 is 1.82 bits per heavy atom. The van der Waals surface area contributed by atoms with Gasteiger partial charge in [-0.25, -0.2) is 4.68 Å². The number of fused-ring (bicyclic) bond motifs is 1. The van der Waals surface area contributed by atoms with E-state index in [0.29, 0.717) is 5.39 Å². The molecule has 0 saturated carbocycles. The number of aryl methyl sites for hydroxylation is 2. The normalized spacial score (nSPS) is 12.0. The molecule has 28 heavy (non-hydrogen) atoms. The highest BCUT2D eigenvalue weighted by atomic mass is 16.5. The van der Waals surface area contributed by atoms with Crippen LogP contribution in [0.25, 0.3) is 10.8 Å². The summed E-state index contributed by atoms with van der Waals surface area (Å²) in [7, 11) is 1.64. The first-order chi connectivity index (χ1) is 13.5. The number of hydrogen-bond acceptors (Lipinski definition) is 4. The van der Waals surface area contributed by atoms with Crippen molar-refractivity contribution in [2.24, 2.45) is 0 Å². The Morgan fingerprint density at radius 1 is 1.14 bits per heavy atom. The molecule has 0 fully saturated rings. The molecule has 6 heteroatoms. The lowest BCUT2D eigenvalue weighted by atomic mass is 10.1. The van der Waals surface area contributed by atoms with Crippen LogP contribution in [0.3, 0.4) is 0 Å². The lowest BCUT2D eigenvalue weighted by molar-refractivity contribution is -0.122. The molecule has 3 aromatic rings. The van der Waals surface area contributed by atoms with Gasteiger partial charge in [0.15, 0.2) is 0 Å². The number of benzene rings is 2. The Bertz CT molecular complexity index is 1030. The molecule has 146 valence electrons. The van der Waals surface area contributed by atoms with Crippen molar-refractivity contribution in [3.8, 4) is 5.75 Å². The number of aromatic nitrogens is 2. The average molecular weight is 379 g/mol. The van der Waals surface area contributed by atoms with E-state index in [2.05, 4.69) is 10.4 Å². The summed E-state index contributed by atoms with van der Waals surface area (Å²) in [5, 5.41) is 8.64. The second-order valence-corrected chi connectivity index (χ2v) is 6.95. The van der Waals surface area contributed by atoms with Crippen molar-refractivity contribution >= 4 is 16.7 Å². The zero-order chi connectivity index (χ0) is 20.1. The molecule has 3 rings (SSSR count). The van der Waals surface area contributed by atoms with Crippen LogP contribution in [0.5, 0.6) is 5.75 Å². The number of ether oxygens (including phenoxy) is 1. The number of rotatable bonds is 7. The molecule has 1 atom stereocenters. The van der Waals surface area contributed by atoms with E-state index in [0.717, 1.165) is 29.7 Å². The molecular weight excluding hydrogens is 354 g/mol. The highest BCUT2D eigenvalue weighted by Crippen LogP contribution is 2.13. The Kier molecular flexibility index (Phi) is 6.09. The van der Waals surface area contributed by atoms with Gasteiger partial charge in [0, 0.05) is 11.4 Å². The summed E-state index contributed by atoms with van der Waals surface area (Å²) in [6.07, 6.45) is 1.65. The summed E-state index contributed by atoms with van der Waals surface area (Å²) < 4.78 is 6.40. The number of nitrogens with one attached hydrogen (secondary N) is 1. The maximum absolute atomic E-state index is 12.6. The minimum atomic E-state index is -0.248. The molecule has 1 heterocycles. The van der Waals surface area contributed by atoms with E-state index in [1.54, 1.807) is 13.2 Å². The van der Waals surface area contributed by atoms with E-state index < -0.39 is 0 Å². The SMILES string of the molecule is COc1ccc(CCC(C)NC(=O)Cn2nc(C)c3ccccc3c2=O)cc1. The predicted octanol–water partition coefficient (Wildman–Crippen LogP) is 2.85. The Labute approximate surface area is 164 Å². The van der Waals surface area contributed by atoms with Gasteiger partial charge in [0.25, 0.3) is 5.56 Å². The van der Waals surface area contributed by atoms with Crippen LogP contribution in [-0.2, 0) is 17.8 Å². The fraction of sp³-hybridized carbons (Fsp3) is 0.318. The minimum Gasteiger partial charge on any atom is -0.497 e. The van der Waals surface area contributed by atoms with Crippen molar-refractivity contribution in [1.82, 2.24) is 15.1 Å². The molecule has 0 saturated heterocycles. The molecular formula is C22H25N3O3. The second-order valence-electron chi connectivity index (χ2n) is 6.95. The number of carbonyl (C=O) groups is 1. The zero-order valence-corrected chi connectivity index (χ0v) is 16.4. The molecule has 1 N–H and O–H groups in total. The zero-order valence-electron chi connectivity index (χ0n) is 16.4. The molecule has 0 aliphatic rings. The molecule has 0 radical (unpaired) electrons. The maximum atomic E-state index is 12.6. The van der Waals surface area contributed by atoms with Gasteiger partial charge in [-0.15, -0.1) is 0 Å². The molecule has 1 amide bonds. The first kappa shape index (κ1) is 19.6. The van der Waals surface area contributed by atoms with Crippen molar-refractivity contribution in [2.45, 2.75) is 39.3 Å². The predicted molar refractivity (Wildman–Crippen MR) is 110 cm³/mol. The van der Waals surface area contributed by atoms with Crippen LogP contribution in [-0.4, -0.2) is 28.8 Å². The van der Waals surface area contributed by atoms with E-state index >= 15 is 0 Å². The molecule has 0 aliphatic heterocycles. The fourth-order valence-electron chi connectivity index (χ4n) is 3.22. The van der Waals surface area contributed by atoms with E-state index in [1.807, 2.05) is 56.3 Å². The van der Waals surface area contributed by atoms with Gasteiger partial charge in [0.05, 0.1) is 18.2 Å². The van der Waals surface area contributed by atoms with E-state index in [1.165, 1.54) is 10.2 Å².